The van der Waals surface area contributed by atoms with Crippen LogP contribution >= 0.6 is 0 Å². The number of aryl methyl sites for hydroxylation is 2. The number of aliphatic hydroxyl groups is 1. The molecule has 3 N–H and O–H groups in total. The van der Waals surface area contributed by atoms with E-state index >= 15 is 0 Å². The summed E-state index contributed by atoms with van der Waals surface area (Å²) < 4.78 is 5.37. The minimum absolute atomic E-state index is 0.393. The Morgan fingerprint density at radius 1 is 1.25 bits per heavy atom. The molecule has 2 aromatic rings. The predicted octanol–water partition coefficient (Wildman–Crippen LogP) is 2.14. The Bertz CT molecular complexity index is 645. The third-order valence-corrected chi connectivity index (χ3v) is 4.39. The van der Waals surface area contributed by atoms with Gasteiger partial charge in [0, 0.05) is 25.7 Å². The largest absolute Gasteiger partial charge is 0.387 e. The Morgan fingerprint density at radius 2 is 1.96 bits per heavy atom. The first-order valence-corrected chi connectivity index (χ1v) is 8.57. The highest BCUT2D eigenvalue weighted by Crippen LogP contribution is 2.23. The van der Waals surface area contributed by atoms with Gasteiger partial charge in [-0.25, -0.2) is 4.98 Å². The Balaban J connectivity index is 1.50. The van der Waals surface area contributed by atoms with Crippen molar-refractivity contribution in [2.24, 2.45) is 0 Å². The van der Waals surface area contributed by atoms with Crippen LogP contribution in [0.25, 0.3) is 0 Å². The molecule has 6 nitrogen and oxygen atoms in total. The molecule has 1 aliphatic rings. The number of nitrogens with zero attached hydrogens (tertiary/aromatic N) is 2. The summed E-state index contributed by atoms with van der Waals surface area (Å²) in [6, 6.07) is 6.16. The molecule has 1 aliphatic heterocycles. The molecule has 1 aromatic carbocycles. The lowest BCUT2D eigenvalue weighted by Gasteiger charge is -2.18. The van der Waals surface area contributed by atoms with Gasteiger partial charge in [-0.3, -0.25) is 5.10 Å². The van der Waals surface area contributed by atoms with Crippen molar-refractivity contribution >= 4 is 0 Å². The molecule has 3 rings (SSSR count). The Labute approximate surface area is 142 Å². The second-order valence-electron chi connectivity index (χ2n) is 6.59. The van der Waals surface area contributed by atoms with Crippen molar-refractivity contribution in [3.63, 3.8) is 0 Å². The molecule has 6 heteroatoms. The van der Waals surface area contributed by atoms with Crippen LogP contribution < -0.4 is 5.32 Å². The van der Waals surface area contributed by atoms with Crippen molar-refractivity contribution in [2.75, 3.05) is 19.8 Å². The summed E-state index contributed by atoms with van der Waals surface area (Å²) in [5.41, 5.74) is 3.28. The highest BCUT2D eigenvalue weighted by atomic mass is 16.5. The zero-order chi connectivity index (χ0) is 16.9. The standard InChI is InChI=1S/C18H26N4O2/c1-12-7-13(2)9-15(8-12)16(23)10-19-11-17-20-18(22-21-17)14-3-5-24-6-4-14/h7-9,14,16,19,23H,3-6,10-11H2,1-2H3,(H,20,21,22). The van der Waals surface area contributed by atoms with Crippen LogP contribution in [0, 0.1) is 13.8 Å². The number of hydrogen-bond acceptors (Lipinski definition) is 5. The van der Waals surface area contributed by atoms with Gasteiger partial charge >= 0.3 is 0 Å². The van der Waals surface area contributed by atoms with E-state index < -0.39 is 6.10 Å². The fraction of sp³-hybridized carbons (Fsp3) is 0.556. The lowest BCUT2D eigenvalue weighted by molar-refractivity contribution is 0.0836. The first-order chi connectivity index (χ1) is 11.6. The van der Waals surface area contributed by atoms with Gasteiger partial charge in [0.05, 0.1) is 12.6 Å². The first-order valence-electron chi connectivity index (χ1n) is 8.57. The number of hydrogen-bond donors (Lipinski definition) is 3. The summed E-state index contributed by atoms with van der Waals surface area (Å²) in [7, 11) is 0. The Kier molecular flexibility index (Phi) is 5.60. The molecule has 0 radical (unpaired) electrons. The van der Waals surface area contributed by atoms with Gasteiger partial charge in [0.15, 0.2) is 5.82 Å². The topological polar surface area (TPSA) is 83.1 Å². The van der Waals surface area contributed by atoms with E-state index in [1.165, 1.54) is 11.1 Å². The van der Waals surface area contributed by atoms with E-state index in [-0.39, 0.29) is 0 Å². The Hall–Kier alpha value is -1.76. The SMILES string of the molecule is Cc1cc(C)cc(C(O)CNCc2nc(C3CCOCC3)n[nH]2)c1. The first kappa shape index (κ1) is 17.1. The van der Waals surface area contributed by atoms with Gasteiger partial charge in [-0.15, -0.1) is 0 Å². The molecule has 130 valence electrons. The van der Waals surface area contributed by atoms with E-state index in [0.717, 1.165) is 43.3 Å². The van der Waals surface area contributed by atoms with E-state index in [1.54, 1.807) is 0 Å². The summed E-state index contributed by atoms with van der Waals surface area (Å²) in [6.07, 6.45) is 1.44. The van der Waals surface area contributed by atoms with Crippen molar-refractivity contribution in [1.29, 1.82) is 0 Å². The van der Waals surface area contributed by atoms with Gasteiger partial charge in [0.1, 0.15) is 5.82 Å². The van der Waals surface area contributed by atoms with Crippen molar-refractivity contribution in [1.82, 2.24) is 20.5 Å². The minimum Gasteiger partial charge on any atom is -0.387 e. The maximum absolute atomic E-state index is 10.3. The zero-order valence-electron chi connectivity index (χ0n) is 14.4. The zero-order valence-corrected chi connectivity index (χ0v) is 14.4. The van der Waals surface area contributed by atoms with E-state index in [4.69, 9.17) is 4.74 Å². The molecule has 0 amide bonds. The van der Waals surface area contributed by atoms with Crippen LogP contribution in [0.1, 0.15) is 53.2 Å². The van der Waals surface area contributed by atoms with Crippen LogP contribution in [0.4, 0.5) is 0 Å². The van der Waals surface area contributed by atoms with Crippen molar-refractivity contribution in [2.45, 2.75) is 45.3 Å². The van der Waals surface area contributed by atoms with E-state index in [0.29, 0.717) is 19.0 Å². The van der Waals surface area contributed by atoms with E-state index in [1.807, 2.05) is 26.0 Å². The van der Waals surface area contributed by atoms with E-state index in [9.17, 15) is 5.11 Å². The van der Waals surface area contributed by atoms with Gasteiger partial charge in [-0.05, 0) is 32.3 Å². The summed E-state index contributed by atoms with van der Waals surface area (Å²) in [4.78, 5) is 4.57. The van der Waals surface area contributed by atoms with Crippen LogP contribution in [0.3, 0.4) is 0 Å². The molecule has 0 spiro atoms. The Morgan fingerprint density at radius 3 is 2.67 bits per heavy atom. The molecule has 0 saturated carbocycles. The number of benzene rings is 1. The average Bonchev–Trinajstić information content (AvgIpc) is 3.03. The maximum Gasteiger partial charge on any atom is 0.154 e. The molecule has 1 saturated heterocycles. The lowest BCUT2D eigenvalue weighted by Crippen LogP contribution is -2.22. The van der Waals surface area contributed by atoms with Gasteiger partial charge in [0.2, 0.25) is 0 Å². The molecule has 1 fully saturated rings. The highest BCUT2D eigenvalue weighted by molar-refractivity contribution is 5.30. The molecule has 0 bridgehead atoms. The highest BCUT2D eigenvalue weighted by Gasteiger charge is 2.20. The van der Waals surface area contributed by atoms with Crippen molar-refractivity contribution in [3.05, 3.63) is 46.5 Å². The van der Waals surface area contributed by atoms with Gasteiger partial charge < -0.3 is 15.2 Å². The van der Waals surface area contributed by atoms with Gasteiger partial charge in [-0.1, -0.05) is 29.3 Å². The second-order valence-corrected chi connectivity index (χ2v) is 6.59. The maximum atomic E-state index is 10.3. The van der Waals surface area contributed by atoms with Crippen molar-refractivity contribution < 1.29 is 9.84 Å². The summed E-state index contributed by atoms with van der Waals surface area (Å²) >= 11 is 0. The third kappa shape index (κ3) is 4.41. The average molecular weight is 330 g/mol. The molecule has 24 heavy (non-hydrogen) atoms. The van der Waals surface area contributed by atoms with Crippen LogP contribution in [0.2, 0.25) is 0 Å². The number of aliphatic hydroxyl groups excluding tert-OH is 1. The quantitative estimate of drug-likeness (QED) is 0.756. The van der Waals surface area contributed by atoms with Gasteiger partial charge in [0.25, 0.3) is 0 Å². The molecular formula is C18H26N4O2. The molecule has 2 heterocycles. The molecular weight excluding hydrogens is 304 g/mol. The molecule has 1 unspecified atom stereocenters. The molecule has 0 aliphatic carbocycles. The van der Waals surface area contributed by atoms with Crippen molar-refractivity contribution in [3.8, 4) is 0 Å². The number of aromatic amines is 1. The fourth-order valence-electron chi connectivity index (χ4n) is 3.17. The summed E-state index contributed by atoms with van der Waals surface area (Å²) in [5.74, 6) is 2.08. The summed E-state index contributed by atoms with van der Waals surface area (Å²) in [5, 5.41) is 20.9. The number of rotatable bonds is 6. The normalized spacial score (nSPS) is 17.1. The smallest absolute Gasteiger partial charge is 0.154 e. The molecule has 1 aromatic heterocycles. The van der Waals surface area contributed by atoms with Crippen LogP contribution in [-0.2, 0) is 11.3 Å². The number of aromatic nitrogens is 3. The van der Waals surface area contributed by atoms with E-state index in [2.05, 4.69) is 26.6 Å². The number of nitrogens with one attached hydrogen (secondary N) is 2. The third-order valence-electron chi connectivity index (χ3n) is 4.39. The lowest BCUT2D eigenvalue weighted by atomic mass is 10.00. The summed E-state index contributed by atoms with van der Waals surface area (Å²) in [6.45, 7) is 6.71. The van der Waals surface area contributed by atoms with Gasteiger partial charge in [-0.2, -0.15) is 5.10 Å². The monoisotopic (exact) mass is 330 g/mol. The van der Waals surface area contributed by atoms with Crippen LogP contribution in [-0.4, -0.2) is 40.0 Å². The van der Waals surface area contributed by atoms with Crippen LogP contribution in [0.15, 0.2) is 18.2 Å². The number of ether oxygens (including phenoxy) is 1. The second kappa shape index (κ2) is 7.88. The van der Waals surface area contributed by atoms with Crippen LogP contribution in [0.5, 0.6) is 0 Å². The molecule has 1 atom stereocenters. The minimum atomic E-state index is -0.526. The predicted molar refractivity (Wildman–Crippen MR) is 91.8 cm³/mol. The number of H-pyrrole nitrogens is 1. The fourth-order valence-corrected chi connectivity index (χ4v) is 3.17.